The molecule has 25 heavy (non-hydrogen) atoms. The molecular weight excluding hydrogens is 346 g/mol. The van der Waals surface area contributed by atoms with Crippen molar-refractivity contribution in [3.8, 4) is 0 Å². The van der Waals surface area contributed by atoms with Crippen molar-refractivity contribution in [1.29, 1.82) is 0 Å². The Bertz CT molecular complexity index is 931. The summed E-state index contributed by atoms with van der Waals surface area (Å²) in [7, 11) is 0. The van der Waals surface area contributed by atoms with Crippen molar-refractivity contribution < 1.29 is 14.3 Å². The fourth-order valence-corrected chi connectivity index (χ4v) is 2.99. The number of carbonyl (C=O) groups is 1. The molecule has 0 atom stereocenters. The van der Waals surface area contributed by atoms with E-state index in [0.29, 0.717) is 37.3 Å². The number of pyridine rings is 1. The molecule has 0 aliphatic carbocycles. The Morgan fingerprint density at radius 3 is 2.96 bits per heavy atom. The fraction of sp³-hybridized carbons (Fsp3) is 0.375. The molecule has 1 aliphatic heterocycles. The Morgan fingerprint density at radius 2 is 2.24 bits per heavy atom. The van der Waals surface area contributed by atoms with Crippen molar-refractivity contribution in [1.82, 2.24) is 24.4 Å². The van der Waals surface area contributed by atoms with Gasteiger partial charge in [0.25, 0.3) is 0 Å². The smallest absolute Gasteiger partial charge is 0.360 e. The molecule has 1 fully saturated rings. The van der Waals surface area contributed by atoms with Crippen molar-refractivity contribution in [2.75, 3.05) is 19.8 Å². The summed E-state index contributed by atoms with van der Waals surface area (Å²) in [6, 6.07) is 1.94. The van der Waals surface area contributed by atoms with Crippen molar-refractivity contribution in [2.45, 2.75) is 19.4 Å². The van der Waals surface area contributed by atoms with E-state index in [1.54, 1.807) is 17.8 Å². The van der Waals surface area contributed by atoms with Gasteiger partial charge >= 0.3 is 5.97 Å². The van der Waals surface area contributed by atoms with E-state index >= 15 is 0 Å². The quantitative estimate of drug-likeness (QED) is 0.645. The van der Waals surface area contributed by atoms with E-state index in [2.05, 4.69) is 15.3 Å². The van der Waals surface area contributed by atoms with Crippen molar-refractivity contribution in [3.05, 3.63) is 46.6 Å². The first-order valence-electron chi connectivity index (χ1n) is 7.96. The molecule has 0 bridgehead atoms. The second-order valence-corrected chi connectivity index (χ2v) is 6.27. The summed E-state index contributed by atoms with van der Waals surface area (Å²) >= 11 is 6.22. The van der Waals surface area contributed by atoms with Gasteiger partial charge in [-0.3, -0.25) is 0 Å². The molecule has 8 nitrogen and oxygen atoms in total. The van der Waals surface area contributed by atoms with Crippen molar-refractivity contribution >= 4 is 23.2 Å². The van der Waals surface area contributed by atoms with E-state index in [1.165, 1.54) is 0 Å². The first-order valence-corrected chi connectivity index (χ1v) is 8.34. The highest BCUT2D eigenvalue weighted by molar-refractivity contribution is 6.30. The monoisotopic (exact) mass is 361 g/mol. The molecule has 130 valence electrons. The zero-order chi connectivity index (χ0) is 17.4. The number of halogens is 1. The topological polar surface area (TPSA) is 83.5 Å². The first-order chi connectivity index (χ1) is 12.1. The van der Waals surface area contributed by atoms with Crippen LogP contribution in [0.25, 0.3) is 5.65 Å². The molecule has 0 radical (unpaired) electrons. The van der Waals surface area contributed by atoms with Crippen LogP contribution >= 0.6 is 11.6 Å². The summed E-state index contributed by atoms with van der Waals surface area (Å²) in [4.78, 5) is 16.4. The van der Waals surface area contributed by atoms with Gasteiger partial charge in [0, 0.05) is 23.9 Å². The van der Waals surface area contributed by atoms with Crippen LogP contribution in [0.1, 0.15) is 34.6 Å². The Labute approximate surface area is 148 Å². The second kappa shape index (κ2) is 6.45. The van der Waals surface area contributed by atoms with Crippen LogP contribution in [0, 0.1) is 0 Å². The van der Waals surface area contributed by atoms with Gasteiger partial charge in [-0.05, 0) is 13.0 Å². The van der Waals surface area contributed by atoms with Crippen LogP contribution in [0.4, 0.5) is 0 Å². The third-order valence-corrected chi connectivity index (χ3v) is 4.23. The highest BCUT2D eigenvalue weighted by atomic mass is 35.5. The largest absolute Gasteiger partial charge is 0.461 e. The molecule has 4 rings (SSSR count). The maximum atomic E-state index is 11.7. The first kappa shape index (κ1) is 16.0. The van der Waals surface area contributed by atoms with Gasteiger partial charge < -0.3 is 13.9 Å². The van der Waals surface area contributed by atoms with E-state index in [1.807, 2.05) is 22.9 Å². The number of imidazole rings is 1. The van der Waals surface area contributed by atoms with Gasteiger partial charge in [-0.25, -0.2) is 14.5 Å². The number of hydrogen-bond donors (Lipinski definition) is 0. The normalized spacial score (nSPS) is 14.6. The number of hydrogen-bond acceptors (Lipinski definition) is 6. The second-order valence-electron chi connectivity index (χ2n) is 5.83. The average Bonchev–Trinajstić information content (AvgIpc) is 3.12. The van der Waals surface area contributed by atoms with Gasteiger partial charge in [-0.1, -0.05) is 16.8 Å². The molecule has 0 amide bonds. The van der Waals surface area contributed by atoms with Crippen LogP contribution in [0.2, 0.25) is 5.02 Å². The van der Waals surface area contributed by atoms with Crippen LogP contribution < -0.4 is 0 Å². The summed E-state index contributed by atoms with van der Waals surface area (Å²) in [5, 5.41) is 8.45. The maximum Gasteiger partial charge on any atom is 0.360 e. The lowest BCUT2D eigenvalue weighted by molar-refractivity contribution is 0.00880. The summed E-state index contributed by atoms with van der Waals surface area (Å²) < 4.78 is 13.7. The van der Waals surface area contributed by atoms with E-state index in [-0.39, 0.29) is 5.69 Å². The van der Waals surface area contributed by atoms with Gasteiger partial charge in [-0.2, -0.15) is 0 Å². The predicted molar refractivity (Wildman–Crippen MR) is 88.8 cm³/mol. The number of ether oxygens (including phenoxy) is 2. The summed E-state index contributed by atoms with van der Waals surface area (Å²) in [5.74, 6) is -0.166. The molecule has 1 saturated heterocycles. The van der Waals surface area contributed by atoms with Crippen LogP contribution in [0.3, 0.4) is 0 Å². The molecule has 0 spiro atoms. The fourth-order valence-electron chi connectivity index (χ4n) is 2.77. The van der Waals surface area contributed by atoms with Crippen molar-refractivity contribution in [2.24, 2.45) is 0 Å². The van der Waals surface area contributed by atoms with E-state index < -0.39 is 5.97 Å². The highest BCUT2D eigenvalue weighted by Crippen LogP contribution is 2.29. The van der Waals surface area contributed by atoms with Gasteiger partial charge in [-0.15, -0.1) is 5.10 Å². The Hall–Kier alpha value is -2.45. The van der Waals surface area contributed by atoms with Crippen LogP contribution in [0.5, 0.6) is 0 Å². The molecular formula is C16H16ClN5O3. The number of fused-ring (bicyclic) bond motifs is 1. The molecule has 1 aliphatic rings. The summed E-state index contributed by atoms with van der Waals surface area (Å²) in [6.45, 7) is 3.81. The minimum Gasteiger partial charge on any atom is -0.461 e. The number of esters is 1. The third-order valence-electron chi connectivity index (χ3n) is 4.02. The van der Waals surface area contributed by atoms with E-state index in [4.69, 9.17) is 21.1 Å². The minimum absolute atomic E-state index is 0.181. The lowest BCUT2D eigenvalue weighted by Gasteiger charge is -2.26. The van der Waals surface area contributed by atoms with Gasteiger partial charge in [0.2, 0.25) is 0 Å². The zero-order valence-electron chi connectivity index (χ0n) is 13.6. The summed E-state index contributed by atoms with van der Waals surface area (Å²) in [6.07, 6.45) is 5.27. The Balaban J connectivity index is 1.61. The van der Waals surface area contributed by atoms with E-state index in [9.17, 15) is 4.79 Å². The molecule has 3 aromatic heterocycles. The molecule has 0 saturated carbocycles. The average molecular weight is 362 g/mol. The van der Waals surface area contributed by atoms with Crippen molar-refractivity contribution in [3.63, 3.8) is 0 Å². The predicted octanol–water partition coefficient (Wildman–Crippen LogP) is 1.92. The molecule has 0 unspecified atom stereocenters. The molecule has 9 heteroatoms. The Morgan fingerprint density at radius 1 is 1.40 bits per heavy atom. The number of rotatable bonds is 5. The highest BCUT2D eigenvalue weighted by Gasteiger charge is 2.24. The molecule has 3 aromatic rings. The molecule has 0 aromatic carbocycles. The zero-order valence-corrected chi connectivity index (χ0v) is 14.3. The minimum atomic E-state index is -0.484. The van der Waals surface area contributed by atoms with Crippen LogP contribution in [-0.4, -0.2) is 50.2 Å². The standard InChI is InChI=1S/C16H16ClN5O3/c1-2-25-16(23)14-7-22(20-19-14)6-12-5-21-4-11(17)3-13(15(21)18-12)10-8-24-9-10/h3-5,7,10H,2,6,8-9H2,1H3. The number of aromatic nitrogens is 5. The lowest BCUT2D eigenvalue weighted by atomic mass is 9.99. The Kier molecular flexibility index (Phi) is 4.14. The molecule has 0 N–H and O–H groups in total. The number of carbonyl (C=O) groups excluding carboxylic acids is 1. The molecule has 4 heterocycles. The van der Waals surface area contributed by atoms with Gasteiger partial charge in [0.15, 0.2) is 5.69 Å². The summed E-state index contributed by atoms with van der Waals surface area (Å²) in [5.41, 5.74) is 2.92. The van der Waals surface area contributed by atoms with Gasteiger partial charge in [0.05, 0.1) is 43.3 Å². The van der Waals surface area contributed by atoms with Crippen LogP contribution in [-0.2, 0) is 16.0 Å². The number of nitrogens with zero attached hydrogens (tertiary/aromatic N) is 5. The van der Waals surface area contributed by atoms with Crippen LogP contribution in [0.15, 0.2) is 24.7 Å². The SMILES string of the molecule is CCOC(=O)c1cn(Cc2cn3cc(Cl)cc(C4COC4)c3n2)nn1. The maximum absolute atomic E-state index is 11.7. The van der Waals surface area contributed by atoms with E-state index in [0.717, 1.165) is 16.9 Å². The third kappa shape index (κ3) is 3.10. The van der Waals surface area contributed by atoms with Gasteiger partial charge in [0.1, 0.15) is 5.65 Å². The lowest BCUT2D eigenvalue weighted by Crippen LogP contribution is -2.25.